The van der Waals surface area contributed by atoms with Crippen molar-refractivity contribution in [3.63, 3.8) is 0 Å². The minimum absolute atomic E-state index is 0.150. The fourth-order valence-corrected chi connectivity index (χ4v) is 12.1. The summed E-state index contributed by atoms with van der Waals surface area (Å²) < 4.78 is 38.9. The Kier molecular flexibility index (Phi) is 10.4. The molecule has 3 heterocycles. The van der Waals surface area contributed by atoms with Crippen molar-refractivity contribution in [1.82, 2.24) is 9.55 Å². The van der Waals surface area contributed by atoms with E-state index in [9.17, 15) is 19.2 Å². The lowest BCUT2D eigenvalue weighted by Gasteiger charge is -2.54. The van der Waals surface area contributed by atoms with Crippen molar-refractivity contribution in [1.29, 1.82) is 0 Å². The number of esters is 2. The number of rotatable bonds is 8. The van der Waals surface area contributed by atoms with Crippen LogP contribution in [0.5, 0.6) is 0 Å². The number of nitrogens with one attached hydrogen (secondary N) is 1. The summed E-state index contributed by atoms with van der Waals surface area (Å²) in [5, 5.41) is -0.717. The van der Waals surface area contributed by atoms with Gasteiger partial charge < -0.3 is 27.5 Å². The molecule has 44 heavy (non-hydrogen) atoms. The highest BCUT2D eigenvalue weighted by molar-refractivity contribution is 6.74. The van der Waals surface area contributed by atoms with Gasteiger partial charge in [-0.15, -0.1) is 0 Å². The molecule has 12 nitrogen and oxygen atoms in total. The summed E-state index contributed by atoms with van der Waals surface area (Å²) in [6, 6.07) is 0. The van der Waals surface area contributed by atoms with Crippen LogP contribution in [0.25, 0.3) is 0 Å². The number of aromatic amines is 1. The van der Waals surface area contributed by atoms with Gasteiger partial charge in [0.15, 0.2) is 14.4 Å². The molecule has 2 unspecified atom stereocenters. The lowest BCUT2D eigenvalue weighted by Crippen LogP contribution is -2.66. The molecule has 250 valence electrons. The van der Waals surface area contributed by atoms with E-state index in [1.807, 2.05) is 0 Å². The van der Waals surface area contributed by atoms with Gasteiger partial charge in [-0.05, 0) is 18.1 Å². The summed E-state index contributed by atoms with van der Waals surface area (Å²) in [5.41, 5.74) is -1.14. The maximum Gasteiger partial charge on any atom is 0.349 e. The van der Waals surface area contributed by atoms with Crippen LogP contribution in [0.2, 0.25) is 28.2 Å². The fourth-order valence-electron chi connectivity index (χ4n) is 5.89. The van der Waals surface area contributed by atoms with Gasteiger partial charge in [-0.2, -0.15) is 0 Å². The van der Waals surface area contributed by atoms with Crippen molar-refractivity contribution in [2.45, 2.75) is 141 Å². The summed E-state index contributed by atoms with van der Waals surface area (Å²) in [5.74, 6) is -1.16. The minimum atomic E-state index is -2.93. The number of ether oxygens (including phenoxy) is 3. The zero-order valence-electron chi connectivity index (χ0n) is 28.6. The topological polar surface area (TPSA) is 144 Å². The molecule has 0 radical (unpaired) electrons. The Bertz CT molecular complexity index is 1320. The van der Waals surface area contributed by atoms with E-state index in [1.54, 1.807) is 0 Å². The van der Waals surface area contributed by atoms with Gasteiger partial charge in [0, 0.05) is 30.1 Å². The van der Waals surface area contributed by atoms with Crippen molar-refractivity contribution in [2.75, 3.05) is 13.2 Å². The van der Waals surface area contributed by atoms with E-state index in [0.29, 0.717) is 0 Å². The van der Waals surface area contributed by atoms with Gasteiger partial charge in [-0.25, -0.2) is 4.79 Å². The third-order valence-electron chi connectivity index (χ3n) is 8.82. The van der Waals surface area contributed by atoms with Crippen LogP contribution in [0.3, 0.4) is 0 Å². The van der Waals surface area contributed by atoms with Crippen LogP contribution in [0.15, 0.2) is 15.8 Å². The molecule has 2 aliphatic rings. The molecule has 1 N–H and O–H groups in total. The van der Waals surface area contributed by atoms with Crippen molar-refractivity contribution in [3.05, 3.63) is 32.6 Å². The quantitative estimate of drug-likeness (QED) is 0.317. The van der Waals surface area contributed by atoms with Crippen LogP contribution in [0.1, 0.15) is 87.8 Å². The second-order valence-corrected chi connectivity index (χ2v) is 25.0. The van der Waals surface area contributed by atoms with Crippen molar-refractivity contribution in [2.24, 2.45) is 0 Å². The van der Waals surface area contributed by atoms with E-state index >= 15 is 0 Å². The monoisotopic (exact) mass is 656 g/mol. The first-order valence-corrected chi connectivity index (χ1v) is 19.9. The van der Waals surface area contributed by atoms with E-state index in [1.165, 1.54) is 24.6 Å². The first-order valence-electron chi connectivity index (χ1n) is 15.2. The Hall–Kier alpha value is -2.11. The van der Waals surface area contributed by atoms with Crippen LogP contribution in [-0.2, 0) is 43.6 Å². The van der Waals surface area contributed by atoms with Crippen molar-refractivity contribution in [3.8, 4) is 0 Å². The minimum Gasteiger partial charge on any atom is -0.462 e. The molecule has 5 atom stereocenters. The number of hydrogen-bond donors (Lipinski definition) is 1. The molecule has 2 fully saturated rings. The normalized spacial score (nSPS) is 24.8. The number of aromatic nitrogens is 2. The predicted molar refractivity (Wildman–Crippen MR) is 169 cm³/mol. The molecule has 0 aliphatic carbocycles. The van der Waals surface area contributed by atoms with E-state index in [4.69, 9.17) is 27.5 Å². The molecule has 0 aromatic carbocycles. The number of carbonyl (C=O) groups excluding carboxylic acids is 2. The van der Waals surface area contributed by atoms with Crippen molar-refractivity contribution < 1.29 is 37.1 Å². The molecular formula is C30H52N2O10Si2. The average Bonchev–Trinajstić information content (AvgIpc) is 3.18. The van der Waals surface area contributed by atoms with Crippen LogP contribution in [0, 0.1) is 0 Å². The largest absolute Gasteiger partial charge is 0.462 e. The maximum atomic E-state index is 13.4. The summed E-state index contributed by atoms with van der Waals surface area (Å²) in [4.78, 5) is 51.9. The van der Waals surface area contributed by atoms with Crippen LogP contribution >= 0.6 is 0 Å². The molecule has 14 heteroatoms. The lowest BCUT2D eigenvalue weighted by molar-refractivity contribution is -0.157. The lowest BCUT2D eigenvalue weighted by atomic mass is 10.0. The first kappa shape index (κ1) is 36.4. The highest BCUT2D eigenvalue weighted by atomic mass is 28.4. The van der Waals surface area contributed by atoms with E-state index < -0.39 is 70.6 Å². The van der Waals surface area contributed by atoms with Gasteiger partial charge in [0.05, 0.1) is 18.7 Å². The standard InChI is InChI=1S/C30H52N2O10Si2/c1-18(33)37-16-20(39-19(2)34)14-32-15-21(26(35)31-27(32)36)23-25(41-43(12,13)28(3,4)5)24-22(40-23)17-38-44(42-24,29(6,7)8)30(9,10)11/h15,20,22-25H,14,16-17H2,1-13H3,(H,31,35,36)/t20?,22-,23+,24?,25-/m1/s1. The van der Waals surface area contributed by atoms with Gasteiger partial charge in [-0.3, -0.25) is 23.9 Å². The Morgan fingerprint density at radius 3 is 2.14 bits per heavy atom. The molecule has 2 saturated heterocycles. The third-order valence-corrected chi connectivity index (χ3v) is 18.4. The fraction of sp³-hybridized carbons (Fsp3) is 0.800. The zero-order chi connectivity index (χ0) is 33.6. The zero-order valence-corrected chi connectivity index (χ0v) is 30.6. The first-order chi connectivity index (χ1) is 19.9. The van der Waals surface area contributed by atoms with Gasteiger partial charge in [0.1, 0.15) is 31.0 Å². The summed E-state index contributed by atoms with van der Waals surface area (Å²) in [7, 11) is -5.37. The van der Waals surface area contributed by atoms with Gasteiger partial charge in [0.2, 0.25) is 0 Å². The van der Waals surface area contributed by atoms with E-state index in [2.05, 4.69) is 80.4 Å². The molecule has 0 saturated carbocycles. The summed E-state index contributed by atoms with van der Waals surface area (Å²) in [6.07, 6.45) is -2.08. The Labute approximate surface area is 262 Å². The third kappa shape index (κ3) is 7.47. The Balaban J connectivity index is 2.12. The Morgan fingerprint density at radius 1 is 1.05 bits per heavy atom. The molecular weight excluding hydrogens is 605 g/mol. The number of H-pyrrole nitrogens is 1. The summed E-state index contributed by atoms with van der Waals surface area (Å²) >= 11 is 0. The average molecular weight is 657 g/mol. The highest BCUT2D eigenvalue weighted by Crippen LogP contribution is 2.56. The van der Waals surface area contributed by atoms with Crippen LogP contribution < -0.4 is 11.2 Å². The number of fused-ring (bicyclic) bond motifs is 1. The number of nitrogens with zero attached hydrogens (tertiary/aromatic N) is 1. The van der Waals surface area contributed by atoms with Gasteiger partial charge in [-0.1, -0.05) is 62.3 Å². The molecule has 0 spiro atoms. The van der Waals surface area contributed by atoms with E-state index in [0.717, 1.165) is 0 Å². The predicted octanol–water partition coefficient (Wildman–Crippen LogP) is 4.32. The maximum absolute atomic E-state index is 13.4. The number of hydrogen-bond acceptors (Lipinski definition) is 10. The van der Waals surface area contributed by atoms with Gasteiger partial charge >= 0.3 is 26.2 Å². The number of carbonyl (C=O) groups is 2. The second-order valence-electron chi connectivity index (χ2n) is 15.5. The van der Waals surface area contributed by atoms with E-state index in [-0.39, 0.29) is 40.4 Å². The molecule has 0 bridgehead atoms. The molecule has 2 aliphatic heterocycles. The molecule has 1 aromatic heterocycles. The van der Waals surface area contributed by atoms with Gasteiger partial charge in [0.25, 0.3) is 5.56 Å². The summed E-state index contributed by atoms with van der Waals surface area (Å²) in [6.45, 7) is 25.8. The second kappa shape index (κ2) is 12.6. The molecule has 0 amide bonds. The smallest absolute Gasteiger partial charge is 0.349 e. The van der Waals surface area contributed by atoms with Crippen LogP contribution in [-0.4, -0.2) is 76.0 Å². The Morgan fingerprint density at radius 2 is 1.64 bits per heavy atom. The van der Waals surface area contributed by atoms with Crippen molar-refractivity contribution >= 4 is 28.8 Å². The molecule has 3 rings (SSSR count). The SMILES string of the molecule is CC(=O)OCC(Cn1cc([C@@H]2O[C@@H]3CO[Si](C(C)(C)C)(C(C)(C)C)OC3[C@@H]2O[Si](C)(C)C(C)(C)C)c(=O)[nH]c1=O)OC(C)=O. The molecule has 1 aromatic rings. The highest BCUT2D eigenvalue weighted by Gasteiger charge is 2.65. The van der Waals surface area contributed by atoms with Crippen LogP contribution in [0.4, 0.5) is 0 Å².